The first kappa shape index (κ1) is 27.2. The number of ether oxygens (including phenoxy) is 1. The number of hydrogen-bond donors (Lipinski definition) is 3. The number of ketones is 2. The van der Waals surface area contributed by atoms with E-state index in [1.807, 2.05) is 6.08 Å². The van der Waals surface area contributed by atoms with E-state index < -0.39 is 40.4 Å². The van der Waals surface area contributed by atoms with Crippen molar-refractivity contribution < 1.29 is 62.0 Å². The standard InChI is InChI=1S/C27H36NO6.Y/c1-5-34-23(33)22-19-11-18-17-7-6-15-10-16(30)8-9-24(15,2)26(17,4)20(31)12-25(18,3)27(19,14-28-22)21(32)13-29;/h6,8-10,17-20,22,28-29,31H,5,7,11-14H2,1-4H3;/q-1;/t17?,18-,19-,20-,22?,24-,25-,26+,27+;/m0./s1. The zero-order valence-electron chi connectivity index (χ0n) is 21.0. The second-order valence-corrected chi connectivity index (χ2v) is 11.6. The van der Waals surface area contributed by atoms with E-state index in [0.29, 0.717) is 25.8 Å². The van der Waals surface area contributed by atoms with Gasteiger partial charge in [0.05, 0.1) is 23.9 Å². The third-order valence-electron chi connectivity index (χ3n) is 10.9. The van der Waals surface area contributed by atoms with Crippen LogP contribution in [-0.2, 0) is 51.8 Å². The minimum Gasteiger partial charge on any atom is -0.465 e. The van der Waals surface area contributed by atoms with Gasteiger partial charge in [-0.1, -0.05) is 33.3 Å². The van der Waals surface area contributed by atoms with Crippen LogP contribution in [0.3, 0.4) is 0 Å². The summed E-state index contributed by atoms with van der Waals surface area (Å²) < 4.78 is 5.34. The number of fused-ring (bicyclic) bond motifs is 7. The fourth-order valence-corrected chi connectivity index (χ4v) is 8.97. The zero-order valence-corrected chi connectivity index (χ0v) is 23.9. The molecule has 5 rings (SSSR count). The number of carbonyl (C=O) groups excluding carboxylic acids is 3. The number of esters is 1. The van der Waals surface area contributed by atoms with Crippen molar-refractivity contribution in [3.05, 3.63) is 30.2 Å². The Morgan fingerprint density at radius 3 is 2.60 bits per heavy atom. The van der Waals surface area contributed by atoms with Gasteiger partial charge < -0.3 is 25.1 Å². The molecule has 5 aliphatic rings. The molecular weight excluding hydrogens is 523 g/mol. The summed E-state index contributed by atoms with van der Waals surface area (Å²) in [5.74, 6) is -0.825. The molecule has 9 atom stereocenters. The van der Waals surface area contributed by atoms with Crippen LogP contribution in [0.5, 0.6) is 0 Å². The van der Waals surface area contributed by atoms with Crippen molar-refractivity contribution in [3.63, 3.8) is 0 Å². The largest absolute Gasteiger partial charge is 0.465 e. The quantitative estimate of drug-likeness (QED) is 0.356. The summed E-state index contributed by atoms with van der Waals surface area (Å²) >= 11 is 0. The predicted octanol–water partition coefficient (Wildman–Crippen LogP) is 1.78. The van der Waals surface area contributed by atoms with E-state index in [9.17, 15) is 24.6 Å². The molecule has 0 aromatic rings. The SMILES string of the molecule is CCOC(=O)C1NC[C@]2(C(=O)CO)[C@H]1C[C@H]1C3C[CH-]C4=CC(=O)C=C[C@]4(C)[C@@]3(C)[C@@H](O)C[C@@]12C.[Y]. The monoisotopic (exact) mass is 559 g/mol. The van der Waals surface area contributed by atoms with Gasteiger partial charge in [0.1, 0.15) is 12.6 Å². The van der Waals surface area contributed by atoms with Crippen molar-refractivity contribution in [2.75, 3.05) is 19.8 Å². The van der Waals surface area contributed by atoms with Gasteiger partial charge in [-0.2, -0.15) is 11.6 Å². The van der Waals surface area contributed by atoms with Gasteiger partial charge in [0.15, 0.2) is 5.78 Å². The van der Waals surface area contributed by atoms with Gasteiger partial charge in [0, 0.05) is 44.7 Å². The number of allylic oxidation sites excluding steroid dienone is 4. The molecule has 0 bridgehead atoms. The summed E-state index contributed by atoms with van der Waals surface area (Å²) in [6.45, 7) is 8.04. The molecule has 0 spiro atoms. The number of nitrogens with one attached hydrogen (secondary N) is 1. The van der Waals surface area contributed by atoms with Crippen LogP contribution < -0.4 is 5.32 Å². The molecule has 1 saturated heterocycles. The molecule has 3 saturated carbocycles. The van der Waals surface area contributed by atoms with Gasteiger partial charge in [0.25, 0.3) is 0 Å². The van der Waals surface area contributed by atoms with Crippen molar-refractivity contribution in [2.45, 2.75) is 59.1 Å². The number of rotatable bonds is 4. The van der Waals surface area contributed by atoms with E-state index in [0.717, 1.165) is 5.57 Å². The fraction of sp³-hybridized carbons (Fsp3) is 0.704. The average Bonchev–Trinajstić information content (AvgIpc) is 3.29. The summed E-state index contributed by atoms with van der Waals surface area (Å²) in [5, 5.41) is 25.1. The molecular formula is C27H36NO6Y-. The topological polar surface area (TPSA) is 113 Å². The summed E-state index contributed by atoms with van der Waals surface area (Å²) in [6, 6.07) is -0.605. The second-order valence-electron chi connectivity index (χ2n) is 11.6. The molecule has 4 fully saturated rings. The Balaban J connectivity index is 0.00000289. The molecule has 35 heavy (non-hydrogen) atoms. The van der Waals surface area contributed by atoms with Gasteiger partial charge in [-0.3, -0.25) is 9.59 Å². The molecule has 189 valence electrons. The van der Waals surface area contributed by atoms with E-state index in [1.165, 1.54) is 0 Å². The molecule has 0 amide bonds. The van der Waals surface area contributed by atoms with Crippen molar-refractivity contribution in [1.82, 2.24) is 5.32 Å². The van der Waals surface area contributed by atoms with Gasteiger partial charge in [0.2, 0.25) is 0 Å². The molecule has 1 radical (unpaired) electrons. The first-order chi connectivity index (χ1) is 16.0. The number of Topliss-reactive ketones (excluding diaryl/α,β-unsaturated/α-hetero) is 1. The van der Waals surface area contributed by atoms with Crippen LogP contribution in [0.2, 0.25) is 0 Å². The van der Waals surface area contributed by atoms with Crippen LogP contribution in [0.15, 0.2) is 23.8 Å². The van der Waals surface area contributed by atoms with Crippen molar-refractivity contribution in [2.24, 2.45) is 39.4 Å². The Hall–Kier alpha value is -0.856. The molecule has 7 nitrogen and oxygen atoms in total. The van der Waals surface area contributed by atoms with Crippen molar-refractivity contribution in [1.29, 1.82) is 0 Å². The Labute approximate surface area is 232 Å². The Kier molecular flexibility index (Phi) is 6.89. The van der Waals surface area contributed by atoms with Crippen LogP contribution in [0.25, 0.3) is 0 Å². The number of aliphatic hydroxyl groups excluding tert-OH is 2. The maximum absolute atomic E-state index is 13.5. The third kappa shape index (κ3) is 3.21. The Morgan fingerprint density at radius 2 is 1.94 bits per heavy atom. The minimum atomic E-state index is -0.943. The van der Waals surface area contributed by atoms with Crippen LogP contribution >= 0.6 is 0 Å². The van der Waals surface area contributed by atoms with E-state index >= 15 is 0 Å². The molecule has 0 aromatic heterocycles. The summed E-state index contributed by atoms with van der Waals surface area (Å²) in [5.41, 5.74) is -1.62. The van der Waals surface area contributed by atoms with E-state index in [2.05, 4.69) is 32.5 Å². The molecule has 8 heteroatoms. The number of aliphatic hydroxyl groups is 2. The van der Waals surface area contributed by atoms with Gasteiger partial charge in [-0.15, -0.1) is 0 Å². The normalized spacial score (nSPS) is 47.3. The maximum atomic E-state index is 13.5. The molecule has 0 aromatic carbocycles. The number of hydrogen-bond acceptors (Lipinski definition) is 7. The van der Waals surface area contributed by atoms with Crippen LogP contribution in [0.1, 0.15) is 47.0 Å². The Bertz CT molecular complexity index is 1010. The Morgan fingerprint density at radius 1 is 1.23 bits per heavy atom. The third-order valence-corrected chi connectivity index (χ3v) is 10.9. The van der Waals surface area contributed by atoms with Crippen molar-refractivity contribution >= 4 is 17.5 Å². The molecule has 4 aliphatic carbocycles. The van der Waals surface area contributed by atoms with E-state index in [4.69, 9.17) is 4.74 Å². The predicted molar refractivity (Wildman–Crippen MR) is 124 cm³/mol. The molecule has 3 N–H and O–H groups in total. The van der Waals surface area contributed by atoms with Crippen molar-refractivity contribution in [3.8, 4) is 0 Å². The van der Waals surface area contributed by atoms with Crippen LogP contribution in [0.4, 0.5) is 0 Å². The van der Waals surface area contributed by atoms with E-state index in [-0.39, 0.29) is 74.6 Å². The average molecular weight is 559 g/mol. The van der Waals surface area contributed by atoms with Crippen LogP contribution in [-0.4, -0.2) is 59.7 Å². The van der Waals surface area contributed by atoms with Crippen LogP contribution in [0, 0.1) is 45.8 Å². The summed E-state index contributed by atoms with van der Waals surface area (Å²) in [6.07, 6.45) is 8.39. The van der Waals surface area contributed by atoms with Gasteiger partial charge in [-0.25, -0.2) is 6.42 Å². The smallest absolute Gasteiger partial charge is 0.323 e. The first-order valence-corrected chi connectivity index (χ1v) is 12.5. The second kappa shape index (κ2) is 8.87. The number of carbonyl (C=O) groups is 3. The molecule has 1 aliphatic heterocycles. The maximum Gasteiger partial charge on any atom is 0.323 e. The molecule has 1 heterocycles. The zero-order chi connectivity index (χ0) is 24.7. The fourth-order valence-electron chi connectivity index (χ4n) is 8.97. The molecule has 2 unspecified atom stereocenters. The van der Waals surface area contributed by atoms with E-state index in [1.54, 1.807) is 19.1 Å². The van der Waals surface area contributed by atoms with Gasteiger partial charge in [-0.05, 0) is 54.4 Å². The summed E-state index contributed by atoms with van der Waals surface area (Å²) in [7, 11) is 0. The first-order valence-electron chi connectivity index (χ1n) is 12.5. The van der Waals surface area contributed by atoms with Gasteiger partial charge >= 0.3 is 5.97 Å². The summed E-state index contributed by atoms with van der Waals surface area (Å²) in [4.78, 5) is 38.5. The minimum absolute atomic E-state index is 0.